The molecule has 4 rings (SSSR count). The van der Waals surface area contributed by atoms with Crippen LogP contribution in [-0.4, -0.2) is 31.0 Å². The molecule has 0 radical (unpaired) electrons. The van der Waals surface area contributed by atoms with Gasteiger partial charge in [-0.2, -0.15) is 0 Å². The number of aryl methyl sites for hydroxylation is 2. The third kappa shape index (κ3) is 4.35. The highest BCUT2D eigenvalue weighted by Crippen LogP contribution is 2.45. The molecule has 1 aliphatic heterocycles. The van der Waals surface area contributed by atoms with Gasteiger partial charge < -0.3 is 14.6 Å². The van der Waals surface area contributed by atoms with Gasteiger partial charge in [0.15, 0.2) is 0 Å². The minimum atomic E-state index is -0.912. The van der Waals surface area contributed by atoms with E-state index in [2.05, 4.69) is 0 Å². The van der Waals surface area contributed by atoms with Crippen LogP contribution in [-0.2, 0) is 9.59 Å². The number of rotatable bonds is 5. The van der Waals surface area contributed by atoms with Crippen LogP contribution in [0.1, 0.15) is 28.3 Å². The van der Waals surface area contributed by atoms with E-state index in [0.29, 0.717) is 17.0 Å². The third-order valence-electron chi connectivity index (χ3n) is 6.11. The largest absolute Gasteiger partial charge is 0.507 e. The van der Waals surface area contributed by atoms with Crippen molar-refractivity contribution in [1.82, 2.24) is 0 Å². The Morgan fingerprint density at radius 3 is 2.20 bits per heavy atom. The fraction of sp³-hybridized carbons (Fsp3) is 0.185. The monoisotopic (exact) mass is 511 g/mol. The number of carbonyl (C=O) groups excluding carboxylic acids is 2. The first-order valence-corrected chi connectivity index (χ1v) is 11.5. The molecule has 3 aromatic carbocycles. The highest BCUT2D eigenvalue weighted by Gasteiger charge is 2.47. The van der Waals surface area contributed by atoms with Crippen LogP contribution in [0, 0.1) is 13.8 Å². The van der Waals surface area contributed by atoms with Gasteiger partial charge in [0.25, 0.3) is 11.7 Å². The second-order valence-corrected chi connectivity index (χ2v) is 9.02. The number of amides is 1. The molecule has 35 heavy (non-hydrogen) atoms. The van der Waals surface area contributed by atoms with Crippen molar-refractivity contribution in [3.8, 4) is 11.5 Å². The Balaban J connectivity index is 2.00. The van der Waals surface area contributed by atoms with Gasteiger partial charge in [0.05, 0.1) is 36.4 Å². The summed E-state index contributed by atoms with van der Waals surface area (Å²) in [6.45, 7) is 3.89. The smallest absolute Gasteiger partial charge is 0.300 e. The molecule has 1 amide bonds. The Kier molecular flexibility index (Phi) is 6.79. The van der Waals surface area contributed by atoms with Crippen LogP contribution >= 0.6 is 23.2 Å². The summed E-state index contributed by atoms with van der Waals surface area (Å²) >= 11 is 12.5. The molecule has 0 saturated carbocycles. The molecule has 1 fully saturated rings. The lowest BCUT2D eigenvalue weighted by Crippen LogP contribution is -2.29. The topological polar surface area (TPSA) is 76.1 Å². The van der Waals surface area contributed by atoms with E-state index in [1.165, 1.54) is 24.1 Å². The molecule has 1 saturated heterocycles. The number of aliphatic hydroxyl groups excluding tert-OH is 1. The fourth-order valence-corrected chi connectivity index (χ4v) is 4.74. The number of Topliss-reactive ketones (excluding diaryl/α,β-unsaturated/α-hetero) is 1. The maximum atomic E-state index is 13.4. The lowest BCUT2D eigenvalue weighted by Gasteiger charge is -2.26. The fourth-order valence-electron chi connectivity index (χ4n) is 4.16. The zero-order valence-electron chi connectivity index (χ0n) is 19.6. The maximum Gasteiger partial charge on any atom is 0.300 e. The van der Waals surface area contributed by atoms with Crippen LogP contribution in [0.4, 0.5) is 5.69 Å². The lowest BCUT2D eigenvalue weighted by atomic mass is 9.94. The van der Waals surface area contributed by atoms with Gasteiger partial charge in [-0.05, 0) is 66.9 Å². The number of aliphatic hydroxyl groups is 1. The molecule has 0 bridgehead atoms. The van der Waals surface area contributed by atoms with Gasteiger partial charge >= 0.3 is 0 Å². The van der Waals surface area contributed by atoms with E-state index in [4.69, 9.17) is 32.7 Å². The Morgan fingerprint density at radius 2 is 1.60 bits per heavy atom. The lowest BCUT2D eigenvalue weighted by molar-refractivity contribution is -0.132. The van der Waals surface area contributed by atoms with Gasteiger partial charge in [-0.1, -0.05) is 41.4 Å². The Labute approximate surface area is 213 Å². The molecular formula is C27H23Cl2NO5. The summed E-state index contributed by atoms with van der Waals surface area (Å²) in [6, 6.07) is 14.5. The second-order valence-electron chi connectivity index (χ2n) is 8.18. The summed E-state index contributed by atoms with van der Waals surface area (Å²) in [5.41, 5.74) is 3.16. The van der Waals surface area contributed by atoms with E-state index >= 15 is 0 Å². The molecule has 1 heterocycles. The molecule has 0 aliphatic carbocycles. The number of anilines is 1. The van der Waals surface area contributed by atoms with Crippen molar-refractivity contribution in [3.63, 3.8) is 0 Å². The molecule has 3 aromatic rings. The summed E-state index contributed by atoms with van der Waals surface area (Å²) in [5, 5.41) is 11.8. The number of nitrogens with zero attached hydrogens (tertiary/aromatic N) is 1. The predicted molar refractivity (Wildman–Crippen MR) is 137 cm³/mol. The first kappa shape index (κ1) is 24.6. The predicted octanol–water partition coefficient (Wildman–Crippen LogP) is 6.25. The summed E-state index contributed by atoms with van der Waals surface area (Å²) in [4.78, 5) is 28.1. The van der Waals surface area contributed by atoms with Gasteiger partial charge in [0.1, 0.15) is 17.3 Å². The average Bonchev–Trinajstić information content (AvgIpc) is 3.10. The van der Waals surface area contributed by atoms with E-state index < -0.39 is 23.5 Å². The normalized spacial score (nSPS) is 17.1. The van der Waals surface area contributed by atoms with Gasteiger partial charge in [-0.25, -0.2) is 0 Å². The zero-order valence-corrected chi connectivity index (χ0v) is 21.1. The van der Waals surface area contributed by atoms with Crippen molar-refractivity contribution in [2.24, 2.45) is 0 Å². The number of benzene rings is 3. The van der Waals surface area contributed by atoms with Gasteiger partial charge in [-0.15, -0.1) is 0 Å². The summed E-state index contributed by atoms with van der Waals surface area (Å²) in [5.74, 6) is -1.28. The first-order chi connectivity index (χ1) is 16.7. The summed E-state index contributed by atoms with van der Waals surface area (Å²) < 4.78 is 10.6. The van der Waals surface area contributed by atoms with E-state index in [-0.39, 0.29) is 26.9 Å². The zero-order chi connectivity index (χ0) is 25.4. The van der Waals surface area contributed by atoms with Crippen LogP contribution in [0.15, 0.2) is 60.2 Å². The van der Waals surface area contributed by atoms with Gasteiger partial charge in [-0.3, -0.25) is 14.5 Å². The van der Waals surface area contributed by atoms with Gasteiger partial charge in [0, 0.05) is 10.7 Å². The van der Waals surface area contributed by atoms with Crippen LogP contribution in [0.5, 0.6) is 11.5 Å². The molecule has 8 heteroatoms. The van der Waals surface area contributed by atoms with E-state index in [1.54, 1.807) is 37.4 Å². The number of carbonyl (C=O) groups is 2. The number of hydrogen-bond donors (Lipinski definition) is 1. The highest BCUT2D eigenvalue weighted by molar-refractivity contribution is 6.52. The SMILES string of the molecule is COc1ccc(C2/C(=C(\O)c3cc(Cl)cc(Cl)c3OC)C(=O)C(=O)N2c2ccc(C)c(C)c2)cc1. The Bertz CT molecular complexity index is 1360. The standard InChI is InChI=1S/C27H23Cl2NO5/c1-14-5-8-18(11-15(14)2)30-23(16-6-9-19(34-3)10-7-16)22(25(32)27(30)33)24(31)20-12-17(28)13-21(29)26(20)35-4/h5-13,23,31H,1-4H3/b24-22+. The number of ketones is 1. The van der Waals surface area contributed by atoms with E-state index in [1.807, 2.05) is 26.0 Å². The van der Waals surface area contributed by atoms with Crippen molar-refractivity contribution >= 4 is 46.3 Å². The quantitative estimate of drug-likeness (QED) is 0.248. The molecule has 1 atom stereocenters. The van der Waals surface area contributed by atoms with Crippen LogP contribution in [0.25, 0.3) is 5.76 Å². The molecule has 1 aliphatic rings. The van der Waals surface area contributed by atoms with Crippen LogP contribution < -0.4 is 14.4 Å². The summed E-state index contributed by atoms with van der Waals surface area (Å²) in [7, 11) is 2.94. The minimum absolute atomic E-state index is 0.102. The maximum absolute atomic E-state index is 13.4. The van der Waals surface area contributed by atoms with E-state index in [9.17, 15) is 14.7 Å². The van der Waals surface area contributed by atoms with Crippen molar-refractivity contribution < 1.29 is 24.2 Å². The Hall–Kier alpha value is -3.48. The molecule has 6 nitrogen and oxygen atoms in total. The van der Waals surface area contributed by atoms with Crippen LogP contribution in [0.2, 0.25) is 10.0 Å². The van der Waals surface area contributed by atoms with Crippen molar-refractivity contribution in [3.05, 3.63) is 92.5 Å². The van der Waals surface area contributed by atoms with Crippen molar-refractivity contribution in [2.45, 2.75) is 19.9 Å². The van der Waals surface area contributed by atoms with Gasteiger partial charge in [0.2, 0.25) is 0 Å². The summed E-state index contributed by atoms with van der Waals surface area (Å²) in [6.07, 6.45) is 0. The van der Waals surface area contributed by atoms with Crippen LogP contribution in [0.3, 0.4) is 0 Å². The van der Waals surface area contributed by atoms with Crippen molar-refractivity contribution in [1.29, 1.82) is 0 Å². The molecule has 1 N–H and O–H groups in total. The average molecular weight is 512 g/mol. The minimum Gasteiger partial charge on any atom is -0.507 e. The molecule has 180 valence electrons. The number of halogens is 2. The third-order valence-corrected chi connectivity index (χ3v) is 6.61. The molecular weight excluding hydrogens is 489 g/mol. The molecule has 1 unspecified atom stereocenters. The Morgan fingerprint density at radius 1 is 0.914 bits per heavy atom. The number of ether oxygens (including phenoxy) is 2. The first-order valence-electron chi connectivity index (χ1n) is 10.7. The highest BCUT2D eigenvalue weighted by atomic mass is 35.5. The van der Waals surface area contributed by atoms with Crippen molar-refractivity contribution in [2.75, 3.05) is 19.1 Å². The molecule has 0 spiro atoms. The number of methoxy groups -OCH3 is 2. The second kappa shape index (κ2) is 9.64. The number of hydrogen-bond acceptors (Lipinski definition) is 5. The molecule has 0 aromatic heterocycles. The van der Waals surface area contributed by atoms with E-state index in [0.717, 1.165) is 11.1 Å².